The molecule has 0 aliphatic rings. The summed E-state index contributed by atoms with van der Waals surface area (Å²) >= 11 is 0. The highest BCUT2D eigenvalue weighted by Gasteiger charge is 2.20. The summed E-state index contributed by atoms with van der Waals surface area (Å²) in [7, 11) is 1.34. The summed E-state index contributed by atoms with van der Waals surface area (Å²) in [5, 5.41) is 0. The van der Waals surface area contributed by atoms with E-state index in [1.807, 2.05) is 21.1 Å². The van der Waals surface area contributed by atoms with Crippen molar-refractivity contribution in [1.29, 1.82) is 0 Å². The number of rotatable bonds is 43. The quantitative estimate of drug-likeness (QED) is 0.0199. The number of esters is 1. The first-order chi connectivity index (χ1) is 27.6. The van der Waals surface area contributed by atoms with Crippen LogP contribution < -0.4 is 4.89 Å². The minimum absolute atomic E-state index is 0.0218. The molecule has 57 heavy (non-hydrogen) atoms. The zero-order valence-electron chi connectivity index (χ0n) is 37.8. The first-order valence-electron chi connectivity index (χ1n) is 23.4. The normalized spacial score (nSPS) is 14.1. The van der Waals surface area contributed by atoms with Crippen LogP contribution in [0.15, 0.2) is 48.6 Å². The lowest BCUT2D eigenvalue weighted by Crippen LogP contribution is -2.37. The maximum Gasteiger partial charge on any atom is 0.306 e. The van der Waals surface area contributed by atoms with Gasteiger partial charge in [0.05, 0.1) is 34.4 Å². The third-order valence-electron chi connectivity index (χ3n) is 9.89. The molecule has 2 atom stereocenters. The van der Waals surface area contributed by atoms with Crippen molar-refractivity contribution >= 4 is 13.8 Å². The third-order valence-corrected chi connectivity index (χ3v) is 10.9. The van der Waals surface area contributed by atoms with Gasteiger partial charge in [0.2, 0.25) is 0 Å². The fourth-order valence-corrected chi connectivity index (χ4v) is 7.03. The number of allylic oxidation sites excluding steroid dienone is 8. The van der Waals surface area contributed by atoms with E-state index in [0.717, 1.165) is 70.6 Å². The van der Waals surface area contributed by atoms with Crippen molar-refractivity contribution in [2.24, 2.45) is 0 Å². The average molecular weight is 824 g/mol. The molecule has 0 bridgehead atoms. The molecule has 0 aromatic heterocycles. The van der Waals surface area contributed by atoms with Gasteiger partial charge in [0, 0.05) is 13.0 Å². The topological polar surface area (TPSA) is 94.1 Å². The average Bonchev–Trinajstić information content (AvgIpc) is 3.16. The third kappa shape index (κ3) is 45.4. The van der Waals surface area contributed by atoms with Gasteiger partial charge in [0.25, 0.3) is 7.82 Å². The van der Waals surface area contributed by atoms with E-state index >= 15 is 0 Å². The Balaban J connectivity index is 4.23. The van der Waals surface area contributed by atoms with Crippen molar-refractivity contribution in [2.75, 3.05) is 54.1 Å². The van der Waals surface area contributed by atoms with E-state index in [-0.39, 0.29) is 25.8 Å². The first kappa shape index (κ1) is 55.5. The summed E-state index contributed by atoms with van der Waals surface area (Å²) in [5.74, 6) is -0.340. The van der Waals surface area contributed by atoms with E-state index in [1.54, 1.807) is 0 Å². The van der Waals surface area contributed by atoms with Crippen LogP contribution in [-0.2, 0) is 27.9 Å². The summed E-state index contributed by atoms with van der Waals surface area (Å²) in [6.07, 6.45) is 49.8. The maximum atomic E-state index is 12.7. The monoisotopic (exact) mass is 824 g/mol. The molecule has 0 amide bonds. The van der Waals surface area contributed by atoms with Crippen molar-refractivity contribution in [3.05, 3.63) is 48.6 Å². The van der Waals surface area contributed by atoms with Crippen molar-refractivity contribution in [1.82, 2.24) is 0 Å². The second-order valence-corrected chi connectivity index (χ2v) is 18.2. The van der Waals surface area contributed by atoms with Crippen molar-refractivity contribution in [3.8, 4) is 0 Å². The largest absolute Gasteiger partial charge is 0.756 e. The molecular formula is C48H90NO7P. The highest BCUT2D eigenvalue weighted by molar-refractivity contribution is 7.45. The fourth-order valence-electron chi connectivity index (χ4n) is 6.30. The minimum atomic E-state index is -4.53. The Morgan fingerprint density at radius 3 is 1.53 bits per heavy atom. The number of phosphoric acid groups is 1. The Morgan fingerprint density at radius 1 is 0.561 bits per heavy atom. The van der Waals surface area contributed by atoms with Gasteiger partial charge in [-0.3, -0.25) is 9.36 Å². The van der Waals surface area contributed by atoms with Crippen molar-refractivity contribution in [2.45, 2.75) is 200 Å². The number of hydrogen-bond acceptors (Lipinski definition) is 7. The van der Waals surface area contributed by atoms with Gasteiger partial charge in [-0.1, -0.05) is 184 Å². The molecule has 334 valence electrons. The summed E-state index contributed by atoms with van der Waals surface area (Å²) in [6, 6.07) is 0. The van der Waals surface area contributed by atoms with Crippen molar-refractivity contribution in [3.63, 3.8) is 0 Å². The van der Waals surface area contributed by atoms with E-state index in [0.29, 0.717) is 24.1 Å². The van der Waals surface area contributed by atoms with Gasteiger partial charge in [-0.05, 0) is 51.4 Å². The van der Waals surface area contributed by atoms with Gasteiger partial charge < -0.3 is 27.9 Å². The van der Waals surface area contributed by atoms with Gasteiger partial charge in [-0.15, -0.1) is 0 Å². The van der Waals surface area contributed by atoms with E-state index in [1.165, 1.54) is 103 Å². The predicted octanol–water partition coefficient (Wildman–Crippen LogP) is 13.3. The SMILES string of the molecule is CC/C=C\C/C=C\C/C=C\C/C=C\CCCCCCCOCC(COP(=O)([O-])OCC[N+](C)(C)C)OC(=O)CCCCCCCCCCCCCCCCCCC. The molecule has 2 unspecified atom stereocenters. The van der Waals surface area contributed by atoms with Gasteiger partial charge in [0.15, 0.2) is 0 Å². The maximum absolute atomic E-state index is 12.7. The Kier molecular flexibility index (Phi) is 40.1. The lowest BCUT2D eigenvalue weighted by molar-refractivity contribution is -0.870. The van der Waals surface area contributed by atoms with E-state index in [9.17, 15) is 14.3 Å². The number of quaternary nitrogens is 1. The summed E-state index contributed by atoms with van der Waals surface area (Å²) in [6.45, 7) is 5.27. The van der Waals surface area contributed by atoms with E-state index in [2.05, 4.69) is 62.5 Å². The Morgan fingerprint density at radius 2 is 1.02 bits per heavy atom. The molecule has 0 aromatic rings. The second kappa shape index (κ2) is 41.2. The zero-order chi connectivity index (χ0) is 42.0. The first-order valence-corrected chi connectivity index (χ1v) is 24.8. The van der Waals surface area contributed by atoms with Crippen LogP contribution >= 0.6 is 7.82 Å². The van der Waals surface area contributed by atoms with Crippen LogP contribution in [0.3, 0.4) is 0 Å². The number of likely N-dealkylation sites (N-methyl/N-ethyl adjacent to an activating group) is 1. The molecule has 0 aliphatic heterocycles. The smallest absolute Gasteiger partial charge is 0.306 e. The molecule has 0 aliphatic carbocycles. The zero-order valence-corrected chi connectivity index (χ0v) is 38.7. The van der Waals surface area contributed by atoms with Crippen LogP contribution in [0.25, 0.3) is 0 Å². The van der Waals surface area contributed by atoms with Crippen LogP contribution in [0.5, 0.6) is 0 Å². The highest BCUT2D eigenvalue weighted by atomic mass is 31.2. The molecule has 0 spiro atoms. The number of carbonyl (C=O) groups excluding carboxylic acids is 1. The van der Waals surface area contributed by atoms with Crippen molar-refractivity contribution < 1.29 is 37.3 Å². The molecule has 0 N–H and O–H groups in total. The number of carbonyl (C=O) groups is 1. The van der Waals surface area contributed by atoms with Gasteiger partial charge in [-0.25, -0.2) is 0 Å². The van der Waals surface area contributed by atoms with Crippen LogP contribution in [-0.4, -0.2) is 70.7 Å². The molecule has 0 saturated carbocycles. The van der Waals surface area contributed by atoms with Gasteiger partial charge in [-0.2, -0.15) is 0 Å². The van der Waals surface area contributed by atoms with Crippen LogP contribution in [0, 0.1) is 0 Å². The summed E-state index contributed by atoms with van der Waals surface area (Å²) in [5.41, 5.74) is 0. The Bertz CT molecular complexity index is 1050. The van der Waals surface area contributed by atoms with Crippen LogP contribution in [0.1, 0.15) is 194 Å². The summed E-state index contributed by atoms with van der Waals surface area (Å²) in [4.78, 5) is 25.1. The standard InChI is InChI=1S/C48H90NO7P/c1-6-8-10-12-14-16-18-20-22-24-26-28-30-32-34-36-38-40-43-53-45-47(46-55-57(51,52)54-44-42-49(3,4)5)56-48(50)41-39-37-35-33-31-29-27-25-23-21-19-17-15-13-11-9-7-2/h8,10,14,16,20,22,26,28,47H,6-7,9,11-13,15,17-19,21,23-25,27,29-46H2,1-5H3/b10-8-,16-14-,22-20-,28-26-. The molecule has 0 saturated heterocycles. The molecule has 0 aromatic carbocycles. The summed E-state index contributed by atoms with van der Waals surface area (Å²) < 4.78 is 34.6. The number of phosphoric ester groups is 1. The number of ether oxygens (including phenoxy) is 2. The number of unbranched alkanes of at least 4 members (excludes halogenated alkanes) is 21. The highest BCUT2D eigenvalue weighted by Crippen LogP contribution is 2.38. The van der Waals surface area contributed by atoms with Crippen LogP contribution in [0.2, 0.25) is 0 Å². The molecule has 8 nitrogen and oxygen atoms in total. The number of hydrogen-bond donors (Lipinski definition) is 0. The molecule has 9 heteroatoms. The Labute approximate surface area is 352 Å². The molecule has 0 rings (SSSR count). The lowest BCUT2D eigenvalue weighted by Gasteiger charge is -2.28. The number of nitrogens with zero attached hydrogens (tertiary/aromatic N) is 1. The molecule has 0 fully saturated rings. The minimum Gasteiger partial charge on any atom is -0.756 e. The van der Waals surface area contributed by atoms with Crippen LogP contribution in [0.4, 0.5) is 0 Å². The fraction of sp³-hybridized carbons (Fsp3) is 0.812. The van der Waals surface area contributed by atoms with E-state index < -0.39 is 13.9 Å². The lowest BCUT2D eigenvalue weighted by atomic mass is 10.0. The molecule has 0 heterocycles. The second-order valence-electron chi connectivity index (χ2n) is 16.7. The van der Waals surface area contributed by atoms with Gasteiger partial charge in [0.1, 0.15) is 19.3 Å². The molecular weight excluding hydrogens is 734 g/mol. The van der Waals surface area contributed by atoms with E-state index in [4.69, 9.17) is 18.5 Å². The van der Waals surface area contributed by atoms with Gasteiger partial charge >= 0.3 is 5.97 Å². The molecule has 0 radical (unpaired) electrons. The Hall–Kier alpha value is -1.54. The predicted molar refractivity (Wildman–Crippen MR) is 240 cm³/mol.